The lowest BCUT2D eigenvalue weighted by Gasteiger charge is -2.13. The van der Waals surface area contributed by atoms with E-state index in [4.69, 9.17) is 11.6 Å². The summed E-state index contributed by atoms with van der Waals surface area (Å²) in [5.74, 6) is 0. The lowest BCUT2D eigenvalue weighted by Crippen LogP contribution is -1.97. The van der Waals surface area contributed by atoms with E-state index in [0.29, 0.717) is 5.02 Å². The number of hydrogen-bond donors (Lipinski definition) is 1. The zero-order valence-corrected chi connectivity index (χ0v) is 10.7. The molecule has 0 radical (unpaired) electrons. The molecule has 18 heavy (non-hydrogen) atoms. The van der Waals surface area contributed by atoms with Gasteiger partial charge < -0.3 is 5.32 Å². The average Bonchev–Trinajstić information content (AvgIpc) is 2.41. The van der Waals surface area contributed by atoms with Crippen LogP contribution in [0.25, 0.3) is 0 Å². The summed E-state index contributed by atoms with van der Waals surface area (Å²) >= 11 is 5.83. The summed E-state index contributed by atoms with van der Waals surface area (Å²) in [6, 6.07) is 14.7. The molecule has 0 aliphatic heterocycles. The van der Waals surface area contributed by atoms with Gasteiger partial charge in [-0.05, 0) is 37.3 Å². The maximum Gasteiger partial charge on any atom is 0.116 e. The number of nitrogens with zero attached hydrogens (tertiary/aromatic N) is 1. The van der Waals surface area contributed by atoms with Gasteiger partial charge in [0.05, 0.1) is 0 Å². The van der Waals surface area contributed by atoms with E-state index >= 15 is 0 Å². The molecule has 2 rings (SSSR count). The summed E-state index contributed by atoms with van der Waals surface area (Å²) in [7, 11) is 0. The highest BCUT2D eigenvalue weighted by Gasteiger charge is 2.10. The number of para-hydroxylation sites is 1. The molecule has 3 nitrogen and oxygen atoms in total. The largest absolute Gasteiger partial charge is 0.355 e. The summed E-state index contributed by atoms with van der Waals surface area (Å²) in [4.78, 5) is 10.7. The minimum Gasteiger partial charge on any atom is -0.355 e. The van der Waals surface area contributed by atoms with Crippen LogP contribution in [0.2, 0.25) is 5.02 Å². The van der Waals surface area contributed by atoms with Gasteiger partial charge in [0.25, 0.3) is 0 Å². The monoisotopic (exact) mass is 260 g/mol. The number of nitroso groups, excluding NO2 is 1. The third-order valence-electron chi connectivity index (χ3n) is 2.69. The van der Waals surface area contributed by atoms with Gasteiger partial charge in [-0.25, -0.2) is 0 Å². The summed E-state index contributed by atoms with van der Waals surface area (Å²) in [5, 5.41) is 7.01. The fourth-order valence-corrected chi connectivity index (χ4v) is 1.85. The van der Waals surface area contributed by atoms with Crippen LogP contribution >= 0.6 is 11.6 Å². The number of halogens is 1. The van der Waals surface area contributed by atoms with Crippen molar-refractivity contribution >= 4 is 23.0 Å². The third-order valence-corrected chi connectivity index (χ3v) is 2.94. The predicted molar refractivity (Wildman–Crippen MR) is 75.4 cm³/mol. The Morgan fingerprint density at radius 3 is 2.44 bits per heavy atom. The maximum atomic E-state index is 10.7. The Morgan fingerprint density at radius 2 is 1.78 bits per heavy atom. The van der Waals surface area contributed by atoms with Gasteiger partial charge in [0.2, 0.25) is 0 Å². The van der Waals surface area contributed by atoms with Crippen molar-refractivity contribution < 1.29 is 0 Å². The number of anilines is 2. The molecule has 0 spiro atoms. The van der Waals surface area contributed by atoms with Crippen molar-refractivity contribution in [1.29, 1.82) is 0 Å². The van der Waals surface area contributed by atoms with Gasteiger partial charge in [0.1, 0.15) is 6.04 Å². The lowest BCUT2D eigenvalue weighted by molar-refractivity contribution is 0.814. The summed E-state index contributed by atoms with van der Waals surface area (Å²) in [5.41, 5.74) is 2.68. The summed E-state index contributed by atoms with van der Waals surface area (Å²) < 4.78 is 0. The molecule has 0 aliphatic carbocycles. The molecule has 2 aromatic rings. The van der Waals surface area contributed by atoms with E-state index in [-0.39, 0.29) is 6.04 Å². The standard InChI is InChI=1S/C14H13ClN2O/c1-10(17-18)13-4-2-3-5-14(13)16-12-8-6-11(15)7-9-12/h2-10,16H,1H3. The molecule has 92 valence electrons. The maximum absolute atomic E-state index is 10.7. The zero-order valence-electron chi connectivity index (χ0n) is 9.93. The second-order valence-corrected chi connectivity index (χ2v) is 4.44. The third kappa shape index (κ3) is 2.87. The number of nitrogens with one attached hydrogen (secondary N) is 1. The van der Waals surface area contributed by atoms with E-state index in [1.165, 1.54) is 0 Å². The molecule has 1 N–H and O–H groups in total. The first-order valence-electron chi connectivity index (χ1n) is 5.64. The Balaban J connectivity index is 2.28. The Labute approximate surface area is 111 Å². The van der Waals surface area contributed by atoms with Gasteiger partial charge in [-0.15, -0.1) is 0 Å². The zero-order chi connectivity index (χ0) is 13.0. The van der Waals surface area contributed by atoms with Gasteiger partial charge in [-0.1, -0.05) is 35.0 Å². The molecule has 0 heterocycles. The van der Waals surface area contributed by atoms with E-state index < -0.39 is 0 Å². The van der Waals surface area contributed by atoms with Gasteiger partial charge in [-0.3, -0.25) is 0 Å². The Morgan fingerprint density at radius 1 is 1.11 bits per heavy atom. The van der Waals surface area contributed by atoms with Gasteiger partial charge in [0, 0.05) is 22.0 Å². The SMILES string of the molecule is CC(N=O)c1ccccc1Nc1ccc(Cl)cc1. The molecule has 0 bridgehead atoms. The highest BCUT2D eigenvalue weighted by Crippen LogP contribution is 2.28. The van der Waals surface area contributed by atoms with Crippen molar-refractivity contribution in [2.75, 3.05) is 5.32 Å². The van der Waals surface area contributed by atoms with Crippen LogP contribution in [0.3, 0.4) is 0 Å². The Bertz CT molecular complexity index is 540. The second-order valence-electron chi connectivity index (χ2n) is 4.00. The van der Waals surface area contributed by atoms with Crippen LogP contribution in [0.4, 0.5) is 11.4 Å². The normalized spacial score (nSPS) is 11.9. The molecule has 2 aromatic carbocycles. The van der Waals surface area contributed by atoms with E-state index in [1.807, 2.05) is 48.5 Å². The van der Waals surface area contributed by atoms with Crippen LogP contribution in [-0.2, 0) is 0 Å². The van der Waals surface area contributed by atoms with Crippen LogP contribution in [0.15, 0.2) is 53.7 Å². The fraction of sp³-hybridized carbons (Fsp3) is 0.143. The molecule has 0 saturated heterocycles. The molecular weight excluding hydrogens is 248 g/mol. The number of hydrogen-bond acceptors (Lipinski definition) is 3. The summed E-state index contributed by atoms with van der Waals surface area (Å²) in [6.07, 6.45) is 0. The second kappa shape index (κ2) is 5.65. The van der Waals surface area contributed by atoms with Crippen LogP contribution < -0.4 is 5.32 Å². The first kappa shape index (κ1) is 12.6. The molecule has 0 saturated carbocycles. The molecule has 0 aromatic heterocycles. The van der Waals surface area contributed by atoms with Gasteiger partial charge in [0.15, 0.2) is 0 Å². The van der Waals surface area contributed by atoms with Crippen molar-refractivity contribution in [3.63, 3.8) is 0 Å². The molecule has 4 heteroatoms. The van der Waals surface area contributed by atoms with Crippen LogP contribution in [0.5, 0.6) is 0 Å². The van der Waals surface area contributed by atoms with Crippen LogP contribution in [0, 0.1) is 4.91 Å². The molecule has 0 amide bonds. The number of rotatable bonds is 4. The molecule has 1 atom stereocenters. The van der Waals surface area contributed by atoms with Gasteiger partial charge in [-0.2, -0.15) is 4.91 Å². The highest BCUT2D eigenvalue weighted by atomic mass is 35.5. The molecular formula is C14H13ClN2O. The molecule has 0 fully saturated rings. The number of benzene rings is 2. The lowest BCUT2D eigenvalue weighted by atomic mass is 10.1. The van der Waals surface area contributed by atoms with E-state index in [1.54, 1.807) is 6.92 Å². The van der Waals surface area contributed by atoms with Crippen molar-refractivity contribution in [1.82, 2.24) is 0 Å². The fourth-order valence-electron chi connectivity index (χ4n) is 1.72. The smallest absolute Gasteiger partial charge is 0.116 e. The first-order chi connectivity index (χ1) is 8.70. The first-order valence-corrected chi connectivity index (χ1v) is 6.02. The van der Waals surface area contributed by atoms with E-state index in [0.717, 1.165) is 16.9 Å². The quantitative estimate of drug-likeness (QED) is 0.794. The predicted octanol–water partition coefficient (Wildman–Crippen LogP) is 4.91. The topological polar surface area (TPSA) is 41.5 Å². The van der Waals surface area contributed by atoms with Crippen molar-refractivity contribution in [3.05, 3.63) is 64.0 Å². The van der Waals surface area contributed by atoms with Crippen molar-refractivity contribution in [3.8, 4) is 0 Å². The van der Waals surface area contributed by atoms with E-state index in [9.17, 15) is 4.91 Å². The minimum absolute atomic E-state index is 0.374. The molecule has 1 unspecified atom stereocenters. The average molecular weight is 261 g/mol. The van der Waals surface area contributed by atoms with Crippen molar-refractivity contribution in [2.45, 2.75) is 13.0 Å². The Hall–Kier alpha value is -1.87. The summed E-state index contributed by atoms with van der Waals surface area (Å²) in [6.45, 7) is 1.77. The van der Waals surface area contributed by atoms with Gasteiger partial charge >= 0.3 is 0 Å². The van der Waals surface area contributed by atoms with Crippen LogP contribution in [0.1, 0.15) is 18.5 Å². The highest BCUT2D eigenvalue weighted by molar-refractivity contribution is 6.30. The Kier molecular flexibility index (Phi) is 3.95. The van der Waals surface area contributed by atoms with Crippen LogP contribution in [-0.4, -0.2) is 0 Å². The van der Waals surface area contributed by atoms with E-state index in [2.05, 4.69) is 10.5 Å². The van der Waals surface area contributed by atoms with Crippen molar-refractivity contribution in [2.24, 2.45) is 5.18 Å². The minimum atomic E-state index is -0.374. The molecule has 0 aliphatic rings.